The van der Waals surface area contributed by atoms with Gasteiger partial charge < -0.3 is 10.5 Å². The minimum atomic E-state index is -4.65. The normalized spacial score (nSPS) is 17.5. The Labute approximate surface area is 130 Å². The first kappa shape index (κ1) is 15.8. The number of hydrogen-bond donors (Lipinski definition) is 1. The number of alkyl halides is 3. The Morgan fingerprint density at radius 3 is 2.61 bits per heavy atom. The van der Waals surface area contributed by atoms with Crippen LogP contribution >= 0.6 is 0 Å². The Hall–Kier alpha value is -2.08. The van der Waals surface area contributed by atoms with Crippen LogP contribution in [0.25, 0.3) is 11.1 Å². The zero-order chi connectivity index (χ0) is 16.6. The first-order valence-electron chi connectivity index (χ1n) is 7.26. The number of nitrogens with two attached hydrogens (primary N) is 1. The van der Waals surface area contributed by atoms with Crippen LogP contribution in [0, 0.1) is 5.82 Å². The van der Waals surface area contributed by atoms with Crippen molar-refractivity contribution in [2.45, 2.75) is 25.1 Å². The molecule has 2 N–H and O–H groups in total. The van der Waals surface area contributed by atoms with E-state index in [4.69, 9.17) is 10.5 Å². The molecule has 6 heteroatoms. The van der Waals surface area contributed by atoms with Gasteiger partial charge in [0.1, 0.15) is 17.7 Å². The highest BCUT2D eigenvalue weighted by molar-refractivity contribution is 5.75. The fraction of sp³-hybridized carbons (Fsp3) is 0.294. The van der Waals surface area contributed by atoms with Gasteiger partial charge in [-0.25, -0.2) is 4.39 Å². The van der Waals surface area contributed by atoms with E-state index in [1.165, 1.54) is 0 Å². The Morgan fingerprint density at radius 2 is 1.91 bits per heavy atom. The molecule has 0 aliphatic carbocycles. The molecular formula is C17H15F4NO. The van der Waals surface area contributed by atoms with Gasteiger partial charge in [0, 0.05) is 12.1 Å². The number of benzene rings is 2. The minimum Gasteiger partial charge on any atom is -0.488 e. The number of fused-ring (bicyclic) bond motifs is 1. The summed E-state index contributed by atoms with van der Waals surface area (Å²) in [4.78, 5) is 0. The number of rotatable bonds is 2. The molecule has 0 aromatic heterocycles. The second-order valence-electron chi connectivity index (χ2n) is 5.50. The Morgan fingerprint density at radius 1 is 1.13 bits per heavy atom. The van der Waals surface area contributed by atoms with Crippen molar-refractivity contribution in [2.75, 3.05) is 6.54 Å². The van der Waals surface area contributed by atoms with Crippen molar-refractivity contribution < 1.29 is 22.3 Å². The summed E-state index contributed by atoms with van der Waals surface area (Å²) in [6.07, 6.45) is -3.46. The van der Waals surface area contributed by atoms with Gasteiger partial charge in [-0.3, -0.25) is 0 Å². The van der Waals surface area contributed by atoms with E-state index in [1.807, 2.05) is 6.07 Å². The Bertz CT molecular complexity index is 727. The van der Waals surface area contributed by atoms with Crippen LogP contribution in [-0.4, -0.2) is 12.6 Å². The van der Waals surface area contributed by atoms with Crippen LogP contribution in [0.1, 0.15) is 17.5 Å². The van der Waals surface area contributed by atoms with E-state index >= 15 is 0 Å². The number of halogens is 4. The van der Waals surface area contributed by atoms with E-state index in [0.29, 0.717) is 30.3 Å². The smallest absolute Gasteiger partial charge is 0.417 e. The molecule has 0 bridgehead atoms. The molecule has 2 aromatic rings. The van der Waals surface area contributed by atoms with E-state index in [0.717, 1.165) is 24.1 Å². The van der Waals surface area contributed by atoms with E-state index in [-0.39, 0.29) is 11.7 Å². The molecule has 3 rings (SSSR count). The summed E-state index contributed by atoms with van der Waals surface area (Å²) < 4.78 is 58.9. The maximum Gasteiger partial charge on any atom is 0.417 e. The number of aryl methyl sites for hydroxylation is 1. The van der Waals surface area contributed by atoms with Crippen LogP contribution in [0.4, 0.5) is 17.6 Å². The third kappa shape index (κ3) is 3.03. The van der Waals surface area contributed by atoms with Crippen molar-refractivity contribution in [1.29, 1.82) is 0 Å². The van der Waals surface area contributed by atoms with Crippen molar-refractivity contribution in [3.05, 3.63) is 53.3 Å². The standard InChI is InChI=1S/C17H15F4NO/c18-11-5-7-13(15(8-11)17(19,20)21)14-3-1-2-10-4-6-12(9-22)23-16(10)14/h1-3,5,7-8,12H,4,6,9,22H2/t12-/m1/s1. The van der Waals surface area contributed by atoms with Crippen LogP contribution in [-0.2, 0) is 12.6 Å². The van der Waals surface area contributed by atoms with Crippen LogP contribution in [0.15, 0.2) is 36.4 Å². The van der Waals surface area contributed by atoms with Gasteiger partial charge in [0.15, 0.2) is 0 Å². The average molecular weight is 325 g/mol. The van der Waals surface area contributed by atoms with Crippen LogP contribution in [0.5, 0.6) is 5.75 Å². The molecule has 1 aliphatic heterocycles. The van der Waals surface area contributed by atoms with E-state index in [9.17, 15) is 17.6 Å². The molecule has 23 heavy (non-hydrogen) atoms. The second-order valence-corrected chi connectivity index (χ2v) is 5.50. The van der Waals surface area contributed by atoms with Crippen LogP contribution in [0.2, 0.25) is 0 Å². The molecule has 1 aliphatic rings. The largest absolute Gasteiger partial charge is 0.488 e. The van der Waals surface area contributed by atoms with Crippen molar-refractivity contribution in [2.24, 2.45) is 5.73 Å². The molecule has 1 heterocycles. The summed E-state index contributed by atoms with van der Waals surface area (Å²) in [7, 11) is 0. The second kappa shape index (κ2) is 5.85. The monoisotopic (exact) mass is 325 g/mol. The van der Waals surface area contributed by atoms with Gasteiger partial charge in [-0.15, -0.1) is 0 Å². The van der Waals surface area contributed by atoms with Gasteiger partial charge in [0.25, 0.3) is 0 Å². The maximum absolute atomic E-state index is 13.3. The molecule has 0 saturated heterocycles. The molecule has 0 spiro atoms. The van der Waals surface area contributed by atoms with Crippen molar-refractivity contribution in [3.8, 4) is 16.9 Å². The summed E-state index contributed by atoms with van der Waals surface area (Å²) in [6, 6.07) is 7.74. The van der Waals surface area contributed by atoms with Gasteiger partial charge in [-0.05, 0) is 36.1 Å². The Kier molecular flexibility index (Phi) is 4.02. The quantitative estimate of drug-likeness (QED) is 0.841. The highest BCUT2D eigenvalue weighted by atomic mass is 19.4. The van der Waals surface area contributed by atoms with Gasteiger partial charge in [-0.2, -0.15) is 13.2 Å². The van der Waals surface area contributed by atoms with Crippen molar-refractivity contribution in [3.63, 3.8) is 0 Å². The minimum absolute atomic E-state index is 0.0894. The molecule has 0 unspecified atom stereocenters. The summed E-state index contributed by atoms with van der Waals surface area (Å²) in [5, 5.41) is 0. The lowest BCUT2D eigenvalue weighted by Gasteiger charge is -2.27. The zero-order valence-corrected chi connectivity index (χ0v) is 12.2. The topological polar surface area (TPSA) is 35.2 Å². The molecule has 0 amide bonds. The predicted molar refractivity (Wildman–Crippen MR) is 78.6 cm³/mol. The van der Waals surface area contributed by atoms with Crippen LogP contribution < -0.4 is 10.5 Å². The molecule has 1 atom stereocenters. The molecular weight excluding hydrogens is 310 g/mol. The van der Waals surface area contributed by atoms with Crippen molar-refractivity contribution >= 4 is 0 Å². The Balaban J connectivity index is 2.17. The lowest BCUT2D eigenvalue weighted by molar-refractivity contribution is -0.137. The zero-order valence-electron chi connectivity index (χ0n) is 12.2. The SMILES string of the molecule is NC[C@H]1CCc2cccc(-c3ccc(F)cc3C(F)(F)F)c2O1. The van der Waals surface area contributed by atoms with Gasteiger partial charge >= 0.3 is 6.18 Å². The number of para-hydroxylation sites is 1. The van der Waals surface area contributed by atoms with Gasteiger partial charge in [-0.1, -0.05) is 24.3 Å². The molecule has 122 valence electrons. The fourth-order valence-electron chi connectivity index (χ4n) is 2.83. The van der Waals surface area contributed by atoms with E-state index < -0.39 is 17.6 Å². The third-order valence-corrected chi connectivity index (χ3v) is 3.96. The van der Waals surface area contributed by atoms with Gasteiger partial charge in [0.05, 0.1) is 5.56 Å². The first-order chi connectivity index (χ1) is 10.9. The lowest BCUT2D eigenvalue weighted by atomic mass is 9.93. The summed E-state index contributed by atoms with van der Waals surface area (Å²) >= 11 is 0. The predicted octanol–water partition coefficient (Wildman–Crippen LogP) is 4.16. The maximum atomic E-state index is 13.3. The number of ether oxygens (including phenoxy) is 1. The molecule has 0 radical (unpaired) electrons. The molecule has 2 aromatic carbocycles. The third-order valence-electron chi connectivity index (χ3n) is 3.96. The molecule has 0 saturated carbocycles. The van der Waals surface area contributed by atoms with Gasteiger partial charge in [0.2, 0.25) is 0 Å². The first-order valence-corrected chi connectivity index (χ1v) is 7.26. The van der Waals surface area contributed by atoms with E-state index in [1.54, 1.807) is 12.1 Å². The van der Waals surface area contributed by atoms with E-state index in [2.05, 4.69) is 0 Å². The highest BCUT2D eigenvalue weighted by Crippen LogP contribution is 2.43. The van der Waals surface area contributed by atoms with Crippen molar-refractivity contribution in [1.82, 2.24) is 0 Å². The lowest BCUT2D eigenvalue weighted by Crippen LogP contribution is -2.30. The molecule has 2 nitrogen and oxygen atoms in total. The number of hydrogen-bond acceptors (Lipinski definition) is 2. The summed E-state index contributed by atoms with van der Waals surface area (Å²) in [5.74, 6) is -0.516. The average Bonchev–Trinajstić information content (AvgIpc) is 2.53. The van der Waals surface area contributed by atoms with Crippen LogP contribution in [0.3, 0.4) is 0 Å². The fourth-order valence-corrected chi connectivity index (χ4v) is 2.83. The summed E-state index contributed by atoms with van der Waals surface area (Å²) in [5.41, 5.74) is 5.66. The highest BCUT2D eigenvalue weighted by Gasteiger charge is 2.35. The molecule has 0 fully saturated rings. The summed E-state index contributed by atoms with van der Waals surface area (Å²) in [6.45, 7) is 0.295.